The zero-order chi connectivity index (χ0) is 19.4. The van der Waals surface area contributed by atoms with Crippen LogP contribution in [0.15, 0.2) is 42.7 Å². The van der Waals surface area contributed by atoms with Crippen LogP contribution in [0, 0.1) is 6.92 Å². The van der Waals surface area contributed by atoms with Crippen LogP contribution in [-0.2, 0) is 13.1 Å². The second-order valence-corrected chi connectivity index (χ2v) is 7.15. The monoisotopic (exact) mass is 402 g/mol. The molecule has 2 N–H and O–H groups in total. The van der Waals surface area contributed by atoms with Crippen molar-refractivity contribution in [3.8, 4) is 0 Å². The molecule has 3 aromatic rings. The van der Waals surface area contributed by atoms with E-state index in [1.54, 1.807) is 0 Å². The van der Waals surface area contributed by atoms with Crippen molar-refractivity contribution in [2.45, 2.75) is 39.9 Å². The van der Waals surface area contributed by atoms with Crippen LogP contribution in [-0.4, -0.2) is 24.7 Å². The maximum absolute atomic E-state index is 6.21. The van der Waals surface area contributed by atoms with Gasteiger partial charge in [0.15, 0.2) is 10.9 Å². The molecule has 0 fully saturated rings. The Morgan fingerprint density at radius 2 is 2.00 bits per heavy atom. The second kappa shape index (κ2) is 8.54. The Morgan fingerprint density at radius 1 is 1.22 bits per heavy atom. The average Bonchev–Trinajstić information content (AvgIpc) is 3.23. The molecule has 0 aliphatic rings. The fourth-order valence-corrected chi connectivity index (χ4v) is 3.34. The van der Waals surface area contributed by atoms with Gasteiger partial charge < -0.3 is 10.6 Å². The number of anilines is 1. The normalized spacial score (nSPS) is 12.0. The molecule has 1 unspecified atom stereocenters. The summed E-state index contributed by atoms with van der Waals surface area (Å²) in [6.07, 6.45) is 3.95. The summed E-state index contributed by atoms with van der Waals surface area (Å²) in [5.41, 5.74) is 3.15. The highest BCUT2D eigenvalue weighted by atomic mass is 35.5. The van der Waals surface area contributed by atoms with E-state index in [0.717, 1.165) is 28.4 Å². The van der Waals surface area contributed by atoms with Crippen molar-refractivity contribution in [3.05, 3.63) is 64.6 Å². The number of benzene rings is 1. The summed E-state index contributed by atoms with van der Waals surface area (Å²) in [5.74, 6) is 0.688. The van der Waals surface area contributed by atoms with Gasteiger partial charge in [0.05, 0.1) is 18.3 Å². The molecule has 8 heteroatoms. The first kappa shape index (κ1) is 19.4. The van der Waals surface area contributed by atoms with Crippen molar-refractivity contribution in [1.29, 1.82) is 0 Å². The number of aryl methyl sites for hydroxylation is 2. The van der Waals surface area contributed by atoms with Crippen LogP contribution in [0.3, 0.4) is 0 Å². The van der Waals surface area contributed by atoms with Crippen molar-refractivity contribution in [2.75, 3.05) is 5.32 Å². The lowest BCUT2D eigenvalue weighted by atomic mass is 10.1. The van der Waals surface area contributed by atoms with Crippen molar-refractivity contribution >= 4 is 34.7 Å². The van der Waals surface area contributed by atoms with Gasteiger partial charge in [0.1, 0.15) is 0 Å². The minimum atomic E-state index is 0.0514. The number of aromatic nitrogens is 4. The van der Waals surface area contributed by atoms with E-state index in [-0.39, 0.29) is 6.04 Å². The number of nitrogens with one attached hydrogen (secondary N) is 2. The Bertz CT molecular complexity index is 932. The van der Waals surface area contributed by atoms with Crippen LogP contribution in [0.25, 0.3) is 0 Å². The number of hydrogen-bond donors (Lipinski definition) is 2. The third-order valence-corrected chi connectivity index (χ3v) is 4.88. The fourth-order valence-electron chi connectivity index (χ4n) is 2.86. The number of rotatable bonds is 6. The Morgan fingerprint density at radius 3 is 2.70 bits per heavy atom. The minimum Gasteiger partial charge on any atom is -0.356 e. The molecule has 0 bridgehead atoms. The van der Waals surface area contributed by atoms with Crippen LogP contribution >= 0.6 is 23.8 Å². The van der Waals surface area contributed by atoms with Gasteiger partial charge in [0, 0.05) is 35.6 Å². The minimum absolute atomic E-state index is 0.0514. The van der Waals surface area contributed by atoms with Crippen molar-refractivity contribution < 1.29 is 0 Å². The van der Waals surface area contributed by atoms with Crippen LogP contribution in [0.5, 0.6) is 0 Å². The van der Waals surface area contributed by atoms with E-state index < -0.39 is 0 Å². The Balaban J connectivity index is 1.59. The van der Waals surface area contributed by atoms with Crippen LogP contribution in [0.4, 0.5) is 5.82 Å². The van der Waals surface area contributed by atoms with Gasteiger partial charge in [-0.3, -0.25) is 9.36 Å². The molecule has 142 valence electrons. The van der Waals surface area contributed by atoms with Gasteiger partial charge in [0.25, 0.3) is 0 Å². The predicted molar refractivity (Wildman–Crippen MR) is 113 cm³/mol. The quantitative estimate of drug-likeness (QED) is 0.606. The number of thiocarbonyl (C=S) groups is 1. The molecule has 1 atom stereocenters. The Hall–Kier alpha value is -2.38. The largest absolute Gasteiger partial charge is 0.356 e. The summed E-state index contributed by atoms with van der Waals surface area (Å²) in [4.78, 5) is 0. The number of nitrogens with zero attached hydrogens (tertiary/aromatic N) is 4. The van der Waals surface area contributed by atoms with Gasteiger partial charge in [-0.1, -0.05) is 29.8 Å². The third-order valence-electron chi connectivity index (χ3n) is 4.29. The first-order valence-corrected chi connectivity index (χ1v) is 9.63. The van der Waals surface area contributed by atoms with Crippen molar-refractivity contribution in [1.82, 2.24) is 24.9 Å². The SMILES string of the molecule is CCn1cc(C(C)NC(=S)Nc2ccn(Cc3ccccc3Cl)n2)c(C)n1. The molecule has 0 radical (unpaired) electrons. The molecule has 0 saturated heterocycles. The van der Waals surface area contributed by atoms with E-state index >= 15 is 0 Å². The average molecular weight is 403 g/mol. The molecule has 2 heterocycles. The third kappa shape index (κ3) is 4.87. The van der Waals surface area contributed by atoms with E-state index in [0.29, 0.717) is 17.5 Å². The van der Waals surface area contributed by atoms with E-state index in [4.69, 9.17) is 23.8 Å². The first-order chi connectivity index (χ1) is 13.0. The van der Waals surface area contributed by atoms with Gasteiger partial charge in [-0.25, -0.2) is 0 Å². The molecule has 2 aromatic heterocycles. The summed E-state index contributed by atoms with van der Waals surface area (Å²) in [6.45, 7) is 7.59. The highest BCUT2D eigenvalue weighted by molar-refractivity contribution is 7.80. The van der Waals surface area contributed by atoms with Gasteiger partial charge in [-0.2, -0.15) is 10.2 Å². The second-order valence-electron chi connectivity index (χ2n) is 6.34. The Labute approximate surface area is 169 Å². The topological polar surface area (TPSA) is 59.7 Å². The zero-order valence-corrected chi connectivity index (χ0v) is 17.2. The highest BCUT2D eigenvalue weighted by Crippen LogP contribution is 2.18. The van der Waals surface area contributed by atoms with Crippen LogP contribution in [0.1, 0.15) is 36.7 Å². The van der Waals surface area contributed by atoms with E-state index in [9.17, 15) is 0 Å². The number of halogens is 1. The van der Waals surface area contributed by atoms with E-state index in [1.165, 1.54) is 0 Å². The van der Waals surface area contributed by atoms with Crippen molar-refractivity contribution in [2.24, 2.45) is 0 Å². The van der Waals surface area contributed by atoms with E-state index in [1.807, 2.05) is 59.0 Å². The molecule has 0 aliphatic heterocycles. The lowest BCUT2D eigenvalue weighted by molar-refractivity contribution is 0.651. The predicted octanol–water partition coefficient (Wildman–Crippen LogP) is 4.16. The summed E-state index contributed by atoms with van der Waals surface area (Å²) in [7, 11) is 0. The molecule has 3 rings (SSSR count). The molecule has 27 heavy (non-hydrogen) atoms. The molecular formula is C19H23ClN6S. The lowest BCUT2D eigenvalue weighted by Gasteiger charge is -2.15. The molecule has 0 spiro atoms. The molecular weight excluding hydrogens is 380 g/mol. The Kier molecular flexibility index (Phi) is 6.13. The summed E-state index contributed by atoms with van der Waals surface area (Å²) < 4.78 is 3.75. The molecule has 0 amide bonds. The van der Waals surface area contributed by atoms with Gasteiger partial charge in [-0.15, -0.1) is 0 Å². The summed E-state index contributed by atoms with van der Waals surface area (Å²) in [6, 6.07) is 9.68. The van der Waals surface area contributed by atoms with Gasteiger partial charge >= 0.3 is 0 Å². The molecule has 0 aliphatic carbocycles. The maximum Gasteiger partial charge on any atom is 0.172 e. The van der Waals surface area contributed by atoms with Gasteiger partial charge in [-0.05, 0) is 44.6 Å². The first-order valence-electron chi connectivity index (χ1n) is 8.84. The van der Waals surface area contributed by atoms with Crippen LogP contribution < -0.4 is 10.6 Å². The smallest absolute Gasteiger partial charge is 0.172 e. The summed E-state index contributed by atoms with van der Waals surface area (Å²) in [5, 5.41) is 16.7. The maximum atomic E-state index is 6.21. The molecule has 6 nitrogen and oxygen atoms in total. The summed E-state index contributed by atoms with van der Waals surface area (Å²) >= 11 is 11.6. The number of hydrogen-bond acceptors (Lipinski definition) is 3. The van der Waals surface area contributed by atoms with Crippen LogP contribution in [0.2, 0.25) is 5.02 Å². The lowest BCUT2D eigenvalue weighted by Crippen LogP contribution is -2.31. The van der Waals surface area contributed by atoms with E-state index in [2.05, 4.69) is 34.7 Å². The standard InChI is InChI=1S/C19H23ClN6S/c1-4-25-12-16(14(3)23-25)13(2)21-19(27)22-18-9-10-26(24-18)11-15-7-5-6-8-17(15)20/h5-10,12-13H,4,11H2,1-3H3,(H2,21,22,24,27). The molecule has 0 saturated carbocycles. The zero-order valence-electron chi connectivity index (χ0n) is 15.6. The van der Waals surface area contributed by atoms with Crippen molar-refractivity contribution in [3.63, 3.8) is 0 Å². The fraction of sp³-hybridized carbons (Fsp3) is 0.316. The molecule has 1 aromatic carbocycles. The van der Waals surface area contributed by atoms with Gasteiger partial charge in [0.2, 0.25) is 0 Å². The highest BCUT2D eigenvalue weighted by Gasteiger charge is 2.14.